The Morgan fingerprint density at radius 2 is 1.56 bits per heavy atom. The average molecular weight is 540 g/mol. The lowest BCUT2D eigenvalue weighted by Gasteiger charge is -2.38. The molecule has 3 aliphatic rings. The number of nitrogens with one attached hydrogen (secondary N) is 1. The van der Waals surface area contributed by atoms with E-state index >= 15 is 4.39 Å². The number of unbranched alkanes of at least 4 members (excludes halogenated alkanes) is 2. The van der Waals surface area contributed by atoms with Crippen LogP contribution >= 0.6 is 0 Å². The molecule has 1 aromatic carbocycles. The molecule has 0 radical (unpaired) electrons. The quantitative estimate of drug-likeness (QED) is 0.212. The van der Waals surface area contributed by atoms with Crippen LogP contribution in [0.2, 0.25) is 0 Å². The molecule has 1 N–H and O–H groups in total. The van der Waals surface area contributed by atoms with E-state index in [1.165, 1.54) is 82.6 Å². The number of carbonyl (C=O) groups excluding carboxylic acids is 1. The van der Waals surface area contributed by atoms with Crippen LogP contribution in [0, 0.1) is 23.6 Å². The van der Waals surface area contributed by atoms with Gasteiger partial charge in [-0.25, -0.2) is 4.39 Å². The number of ether oxygens (including phenoxy) is 1. The van der Waals surface area contributed by atoms with E-state index in [4.69, 9.17) is 4.74 Å². The summed E-state index contributed by atoms with van der Waals surface area (Å²) in [7, 11) is 0. The summed E-state index contributed by atoms with van der Waals surface area (Å²) in [6, 6.07) is 6.20. The molecule has 1 aromatic rings. The first-order chi connectivity index (χ1) is 18.9. The second-order valence-electron chi connectivity index (χ2n) is 13.0. The van der Waals surface area contributed by atoms with Gasteiger partial charge in [-0.3, -0.25) is 4.79 Å². The van der Waals surface area contributed by atoms with E-state index in [9.17, 15) is 4.79 Å². The molecule has 3 saturated carbocycles. The number of carbonyl (C=O) groups is 1. The smallest absolute Gasteiger partial charge is 0.246 e. The maximum Gasteiger partial charge on any atom is 0.246 e. The van der Waals surface area contributed by atoms with Crippen molar-refractivity contribution in [2.24, 2.45) is 17.8 Å². The molecule has 0 saturated heterocycles. The Morgan fingerprint density at radius 3 is 2.18 bits per heavy atom. The van der Waals surface area contributed by atoms with Gasteiger partial charge in [-0.05, 0) is 118 Å². The summed E-state index contributed by atoms with van der Waals surface area (Å²) in [5, 5.41) is 2.81. The minimum atomic E-state index is -0.121. The summed E-state index contributed by atoms with van der Waals surface area (Å²) in [6.07, 6.45) is 20.6. The highest BCUT2D eigenvalue weighted by molar-refractivity contribution is 5.92. The molecule has 3 aliphatic carbocycles. The molecule has 39 heavy (non-hydrogen) atoms. The first kappa shape index (κ1) is 30.3. The summed E-state index contributed by atoms with van der Waals surface area (Å²) < 4.78 is 21.3. The molecule has 0 atom stereocenters. The van der Waals surface area contributed by atoms with Crippen molar-refractivity contribution >= 4 is 5.91 Å². The van der Waals surface area contributed by atoms with Crippen LogP contribution < -0.4 is 5.32 Å². The van der Waals surface area contributed by atoms with Gasteiger partial charge in [-0.15, -0.1) is 0 Å². The lowest BCUT2D eigenvalue weighted by atomic mass is 9.68. The molecule has 1 amide bonds. The standard InChI is InChI=1S/C35H54FNO2/c1-4-5-6-7-26-8-10-27(11-9-26)28-12-14-29(15-13-28)31-18-21-33(34(36)24-31)30-16-19-32(20-17-30)39-23-22-37-35(38)25(2)3/h18,21,24,26-30,32H,2,4-17,19-20,22-23H2,1,3H3,(H,37,38). The van der Waals surface area contributed by atoms with Crippen molar-refractivity contribution in [3.8, 4) is 0 Å². The molecule has 4 heteroatoms. The Hall–Kier alpha value is -1.68. The SMILES string of the molecule is C=C(C)C(=O)NCCOC1CCC(c2ccc(C3CCC(C4CCC(CCCCC)CC4)CC3)cc2F)CC1. The first-order valence-corrected chi connectivity index (χ1v) is 16.3. The number of hydrogen-bond donors (Lipinski definition) is 1. The molecule has 3 nitrogen and oxygen atoms in total. The van der Waals surface area contributed by atoms with Crippen molar-refractivity contribution in [1.29, 1.82) is 0 Å². The maximum absolute atomic E-state index is 15.3. The maximum atomic E-state index is 15.3. The largest absolute Gasteiger partial charge is 0.376 e. The van der Waals surface area contributed by atoms with Crippen molar-refractivity contribution in [2.45, 2.75) is 135 Å². The minimum absolute atomic E-state index is 0.00268. The van der Waals surface area contributed by atoms with Gasteiger partial charge in [0.05, 0.1) is 12.7 Å². The predicted molar refractivity (Wildman–Crippen MR) is 159 cm³/mol. The summed E-state index contributed by atoms with van der Waals surface area (Å²) in [5.74, 6) is 3.55. The van der Waals surface area contributed by atoms with Gasteiger partial charge in [-0.2, -0.15) is 0 Å². The highest BCUT2D eigenvalue weighted by Crippen LogP contribution is 2.45. The summed E-state index contributed by atoms with van der Waals surface area (Å²) in [5.41, 5.74) is 2.64. The van der Waals surface area contributed by atoms with Gasteiger partial charge < -0.3 is 10.1 Å². The number of amides is 1. The average Bonchev–Trinajstić information content (AvgIpc) is 2.96. The topological polar surface area (TPSA) is 38.3 Å². The Labute approximate surface area is 237 Å². The molecule has 218 valence electrons. The molecule has 0 unspecified atom stereocenters. The summed E-state index contributed by atoms with van der Waals surface area (Å²) in [6.45, 7) is 8.67. The van der Waals surface area contributed by atoms with Crippen LogP contribution in [0.4, 0.5) is 4.39 Å². The second-order valence-corrected chi connectivity index (χ2v) is 13.0. The van der Waals surface area contributed by atoms with Gasteiger partial charge in [-0.1, -0.05) is 64.2 Å². The van der Waals surface area contributed by atoms with Crippen LogP contribution in [0.3, 0.4) is 0 Å². The van der Waals surface area contributed by atoms with Crippen molar-refractivity contribution < 1.29 is 13.9 Å². The fraction of sp³-hybridized carbons (Fsp3) is 0.743. The molecule has 0 bridgehead atoms. The van der Waals surface area contributed by atoms with Crippen LogP contribution in [0.25, 0.3) is 0 Å². The molecular formula is C35H54FNO2. The van der Waals surface area contributed by atoms with Crippen LogP contribution in [0.15, 0.2) is 30.4 Å². The van der Waals surface area contributed by atoms with Crippen LogP contribution in [0.5, 0.6) is 0 Å². The lowest BCUT2D eigenvalue weighted by molar-refractivity contribution is -0.117. The van der Waals surface area contributed by atoms with E-state index in [2.05, 4.69) is 31.0 Å². The second kappa shape index (κ2) is 15.4. The number of benzene rings is 1. The van der Waals surface area contributed by atoms with Crippen LogP contribution in [-0.2, 0) is 9.53 Å². The molecule has 0 heterocycles. The molecule has 4 rings (SSSR count). The van der Waals surface area contributed by atoms with Gasteiger partial charge in [0.2, 0.25) is 5.91 Å². The van der Waals surface area contributed by atoms with Crippen molar-refractivity contribution in [2.75, 3.05) is 13.2 Å². The molecule has 3 fully saturated rings. The third kappa shape index (κ3) is 8.90. The highest BCUT2D eigenvalue weighted by atomic mass is 19.1. The van der Waals surface area contributed by atoms with Gasteiger partial charge in [0.1, 0.15) is 5.82 Å². The summed E-state index contributed by atoms with van der Waals surface area (Å²) in [4.78, 5) is 11.6. The molecule has 0 spiro atoms. The Kier molecular flexibility index (Phi) is 11.9. The predicted octanol–water partition coefficient (Wildman–Crippen LogP) is 9.22. The zero-order chi connectivity index (χ0) is 27.6. The van der Waals surface area contributed by atoms with E-state index < -0.39 is 0 Å². The van der Waals surface area contributed by atoms with E-state index in [0.29, 0.717) is 24.6 Å². The normalized spacial score (nSPS) is 29.6. The van der Waals surface area contributed by atoms with Crippen molar-refractivity contribution in [3.63, 3.8) is 0 Å². The highest BCUT2D eigenvalue weighted by Gasteiger charge is 2.32. The minimum Gasteiger partial charge on any atom is -0.376 e. The zero-order valence-electron chi connectivity index (χ0n) is 24.8. The van der Waals surface area contributed by atoms with Gasteiger partial charge in [0.15, 0.2) is 0 Å². The Bertz CT molecular complexity index is 905. The van der Waals surface area contributed by atoms with Gasteiger partial charge >= 0.3 is 0 Å². The van der Waals surface area contributed by atoms with E-state index in [-0.39, 0.29) is 23.7 Å². The van der Waals surface area contributed by atoms with Crippen LogP contribution in [-0.4, -0.2) is 25.2 Å². The van der Waals surface area contributed by atoms with Crippen molar-refractivity contribution in [1.82, 2.24) is 5.32 Å². The van der Waals surface area contributed by atoms with E-state index in [0.717, 1.165) is 49.0 Å². The molecular weight excluding hydrogens is 485 g/mol. The lowest BCUT2D eigenvalue weighted by Crippen LogP contribution is -2.30. The van der Waals surface area contributed by atoms with E-state index in [1.54, 1.807) is 6.92 Å². The fourth-order valence-corrected chi connectivity index (χ4v) is 7.77. The monoisotopic (exact) mass is 539 g/mol. The third-order valence-corrected chi connectivity index (χ3v) is 10.3. The number of rotatable bonds is 12. The first-order valence-electron chi connectivity index (χ1n) is 16.3. The summed E-state index contributed by atoms with van der Waals surface area (Å²) >= 11 is 0. The Balaban J connectivity index is 1.17. The van der Waals surface area contributed by atoms with E-state index in [1.807, 2.05) is 6.07 Å². The molecule has 0 aromatic heterocycles. The van der Waals surface area contributed by atoms with Crippen molar-refractivity contribution in [3.05, 3.63) is 47.3 Å². The fourth-order valence-electron chi connectivity index (χ4n) is 7.77. The number of hydrogen-bond acceptors (Lipinski definition) is 2. The van der Waals surface area contributed by atoms with Gasteiger partial charge in [0.25, 0.3) is 0 Å². The zero-order valence-corrected chi connectivity index (χ0v) is 24.8. The molecule has 0 aliphatic heterocycles. The van der Waals surface area contributed by atoms with Gasteiger partial charge in [0, 0.05) is 12.1 Å². The number of halogens is 1. The van der Waals surface area contributed by atoms with Crippen LogP contribution in [0.1, 0.15) is 140 Å². The third-order valence-electron chi connectivity index (χ3n) is 10.3. The Morgan fingerprint density at radius 1 is 0.923 bits per heavy atom.